The molecule has 582 valence electrons. The zero-order valence-electron chi connectivity index (χ0n) is 64.3. The van der Waals surface area contributed by atoms with E-state index in [1.165, 1.54) is 218 Å². The number of aliphatic hydroxyl groups excluding tert-OH is 1. The summed E-state index contributed by atoms with van der Waals surface area (Å²) in [5.41, 5.74) is 0. The second-order valence-corrected chi connectivity index (χ2v) is 32.8. The standard InChI is InChI=1S/C79H154O17P2/c1-8-9-10-11-12-30-39-46-53-60-76(81)89-67-75(96-79(84)63-56-49-42-35-38-45-52-59-72(6)7)69-94-98(87,88)92-65-73(80)64-91-97(85,86)93-68-74(66-90-77(82)61-54-47-40-33-28-24-21-17-19-23-27-32-37-44-51-58-71(4)5)95-78(83)62-55-48-41-34-29-25-20-16-14-13-15-18-22-26-31-36-43-50-57-70(2)3/h70-75,80H,8-69H2,1-7H3,(H,85,86)(H,87,88)/t73-,74-,75-/m1/s1. The molecule has 0 aliphatic carbocycles. The van der Waals surface area contributed by atoms with Crippen molar-refractivity contribution >= 4 is 39.5 Å². The molecule has 2 unspecified atom stereocenters. The van der Waals surface area contributed by atoms with Crippen LogP contribution in [0.3, 0.4) is 0 Å². The van der Waals surface area contributed by atoms with Crippen LogP contribution in [0.15, 0.2) is 0 Å². The van der Waals surface area contributed by atoms with Crippen molar-refractivity contribution in [2.45, 2.75) is 426 Å². The van der Waals surface area contributed by atoms with Gasteiger partial charge in [0.15, 0.2) is 12.2 Å². The molecule has 0 rings (SSSR count). The molecule has 0 saturated heterocycles. The molecule has 0 fully saturated rings. The van der Waals surface area contributed by atoms with Crippen LogP contribution in [0.25, 0.3) is 0 Å². The Bertz CT molecular complexity index is 1900. The first kappa shape index (κ1) is 96.1. The Hall–Kier alpha value is -1.94. The van der Waals surface area contributed by atoms with Crippen molar-refractivity contribution in [3.63, 3.8) is 0 Å². The number of carbonyl (C=O) groups is 4. The molecule has 0 saturated carbocycles. The molecule has 17 nitrogen and oxygen atoms in total. The maximum atomic E-state index is 13.1. The number of carbonyl (C=O) groups excluding carboxylic acids is 4. The zero-order valence-corrected chi connectivity index (χ0v) is 66.0. The highest BCUT2D eigenvalue weighted by Crippen LogP contribution is 2.45. The summed E-state index contributed by atoms with van der Waals surface area (Å²) in [6, 6.07) is 0. The minimum absolute atomic E-state index is 0.103. The molecule has 0 heterocycles. The van der Waals surface area contributed by atoms with E-state index in [0.29, 0.717) is 31.6 Å². The number of phosphoric ester groups is 2. The van der Waals surface area contributed by atoms with Gasteiger partial charge in [-0.15, -0.1) is 0 Å². The molecule has 0 spiro atoms. The summed E-state index contributed by atoms with van der Waals surface area (Å²) in [5, 5.41) is 10.6. The first-order valence-electron chi connectivity index (χ1n) is 40.8. The molecule has 0 aromatic heterocycles. The second kappa shape index (κ2) is 69.4. The molecule has 5 atom stereocenters. The van der Waals surface area contributed by atoms with E-state index in [9.17, 15) is 43.2 Å². The van der Waals surface area contributed by atoms with E-state index < -0.39 is 97.5 Å². The molecule has 0 aromatic rings. The summed E-state index contributed by atoms with van der Waals surface area (Å²) in [6.07, 6.45) is 57.1. The Kier molecular flexibility index (Phi) is 68.1. The van der Waals surface area contributed by atoms with E-state index in [1.54, 1.807) is 0 Å². The Labute approximate surface area is 600 Å². The Balaban J connectivity index is 5.18. The molecule has 3 N–H and O–H groups in total. The molecule has 0 bridgehead atoms. The van der Waals surface area contributed by atoms with Crippen molar-refractivity contribution in [2.24, 2.45) is 17.8 Å². The molecule has 0 radical (unpaired) electrons. The number of rotatable bonds is 77. The lowest BCUT2D eigenvalue weighted by atomic mass is 10.0. The topological polar surface area (TPSA) is 237 Å². The van der Waals surface area contributed by atoms with Gasteiger partial charge in [-0.05, 0) is 43.4 Å². The first-order chi connectivity index (χ1) is 47.2. The normalized spacial score (nSPS) is 14.0. The molecular formula is C79H154O17P2. The van der Waals surface area contributed by atoms with Crippen LogP contribution in [0.5, 0.6) is 0 Å². The van der Waals surface area contributed by atoms with Gasteiger partial charge in [0.1, 0.15) is 19.3 Å². The van der Waals surface area contributed by atoms with Crippen molar-refractivity contribution in [2.75, 3.05) is 39.6 Å². The molecule has 0 aliphatic heterocycles. The predicted octanol–water partition coefficient (Wildman–Crippen LogP) is 23.4. The first-order valence-corrected chi connectivity index (χ1v) is 43.8. The van der Waals surface area contributed by atoms with Gasteiger partial charge in [0.25, 0.3) is 0 Å². The third-order valence-electron chi connectivity index (χ3n) is 18.4. The van der Waals surface area contributed by atoms with Crippen LogP contribution in [0.4, 0.5) is 0 Å². The van der Waals surface area contributed by atoms with Crippen LogP contribution in [0.1, 0.15) is 408 Å². The number of aliphatic hydroxyl groups is 1. The lowest BCUT2D eigenvalue weighted by Gasteiger charge is -2.21. The highest BCUT2D eigenvalue weighted by molar-refractivity contribution is 7.47. The maximum Gasteiger partial charge on any atom is 0.472 e. The number of phosphoric acid groups is 2. The molecular weight excluding hydrogens is 1280 g/mol. The van der Waals surface area contributed by atoms with Gasteiger partial charge >= 0.3 is 39.5 Å². The van der Waals surface area contributed by atoms with Crippen molar-refractivity contribution in [3.8, 4) is 0 Å². The lowest BCUT2D eigenvalue weighted by molar-refractivity contribution is -0.161. The summed E-state index contributed by atoms with van der Waals surface area (Å²) in [5.74, 6) is 0.205. The van der Waals surface area contributed by atoms with E-state index in [1.807, 2.05) is 0 Å². The minimum atomic E-state index is -4.96. The highest BCUT2D eigenvalue weighted by Gasteiger charge is 2.30. The van der Waals surface area contributed by atoms with E-state index >= 15 is 0 Å². The molecule has 0 aliphatic rings. The van der Waals surface area contributed by atoms with E-state index in [4.69, 9.17) is 37.0 Å². The molecule has 0 aromatic carbocycles. The summed E-state index contributed by atoms with van der Waals surface area (Å²) in [4.78, 5) is 72.8. The zero-order chi connectivity index (χ0) is 72.3. The monoisotopic (exact) mass is 1440 g/mol. The van der Waals surface area contributed by atoms with Crippen LogP contribution in [-0.2, 0) is 65.4 Å². The van der Waals surface area contributed by atoms with Crippen LogP contribution in [0, 0.1) is 17.8 Å². The number of esters is 4. The predicted molar refractivity (Wildman–Crippen MR) is 400 cm³/mol. The van der Waals surface area contributed by atoms with E-state index in [-0.39, 0.29) is 25.7 Å². The second-order valence-electron chi connectivity index (χ2n) is 29.9. The highest BCUT2D eigenvalue weighted by atomic mass is 31.2. The van der Waals surface area contributed by atoms with Crippen molar-refractivity contribution in [3.05, 3.63) is 0 Å². The number of hydrogen-bond acceptors (Lipinski definition) is 15. The van der Waals surface area contributed by atoms with Gasteiger partial charge in [0.05, 0.1) is 26.4 Å². The van der Waals surface area contributed by atoms with Gasteiger partial charge in [0.2, 0.25) is 0 Å². The summed E-state index contributed by atoms with van der Waals surface area (Å²) < 4.78 is 68.5. The number of unbranched alkanes of at least 4 members (excludes halogenated alkanes) is 45. The summed E-state index contributed by atoms with van der Waals surface area (Å²) >= 11 is 0. The number of ether oxygens (including phenoxy) is 4. The Morgan fingerprint density at radius 1 is 0.276 bits per heavy atom. The average Bonchev–Trinajstić information content (AvgIpc) is 1.11. The van der Waals surface area contributed by atoms with Gasteiger partial charge in [-0.3, -0.25) is 37.3 Å². The van der Waals surface area contributed by atoms with Gasteiger partial charge in [-0.2, -0.15) is 0 Å². The van der Waals surface area contributed by atoms with Crippen LogP contribution in [0.2, 0.25) is 0 Å². The average molecular weight is 1440 g/mol. The largest absolute Gasteiger partial charge is 0.472 e. The van der Waals surface area contributed by atoms with E-state index in [2.05, 4.69) is 48.5 Å². The van der Waals surface area contributed by atoms with Gasteiger partial charge in [0, 0.05) is 25.7 Å². The molecule has 98 heavy (non-hydrogen) atoms. The van der Waals surface area contributed by atoms with E-state index in [0.717, 1.165) is 102 Å². The SMILES string of the molecule is CCCCCCCCCCCC(=O)OC[C@H](COP(=O)(O)OC[C@H](O)COP(=O)(O)OC[C@@H](COC(=O)CCCCCCCCCCCCCCCCCC(C)C)OC(=O)CCCCCCCCCCCCCCCCCCCCC(C)C)OC(=O)CCCCCCCCCC(C)C. The lowest BCUT2D eigenvalue weighted by Crippen LogP contribution is -2.30. The Morgan fingerprint density at radius 3 is 0.694 bits per heavy atom. The van der Waals surface area contributed by atoms with Crippen LogP contribution in [-0.4, -0.2) is 96.7 Å². The fourth-order valence-electron chi connectivity index (χ4n) is 12.1. The van der Waals surface area contributed by atoms with Crippen LogP contribution < -0.4 is 0 Å². The van der Waals surface area contributed by atoms with Crippen molar-refractivity contribution in [1.82, 2.24) is 0 Å². The van der Waals surface area contributed by atoms with Gasteiger partial charge in [-0.1, -0.05) is 357 Å². The van der Waals surface area contributed by atoms with Gasteiger partial charge in [-0.25, -0.2) is 9.13 Å². The van der Waals surface area contributed by atoms with Gasteiger partial charge < -0.3 is 33.8 Å². The Morgan fingerprint density at radius 2 is 0.469 bits per heavy atom. The minimum Gasteiger partial charge on any atom is -0.462 e. The fourth-order valence-corrected chi connectivity index (χ4v) is 13.7. The van der Waals surface area contributed by atoms with Crippen LogP contribution >= 0.6 is 15.6 Å². The fraction of sp³-hybridized carbons (Fsp3) is 0.949. The maximum absolute atomic E-state index is 13.1. The number of hydrogen-bond donors (Lipinski definition) is 3. The van der Waals surface area contributed by atoms with Crippen molar-refractivity contribution in [1.29, 1.82) is 0 Å². The summed E-state index contributed by atoms with van der Waals surface area (Å²) in [7, 11) is -9.91. The molecule has 19 heteroatoms. The third-order valence-corrected chi connectivity index (χ3v) is 20.3. The molecule has 0 amide bonds. The smallest absolute Gasteiger partial charge is 0.462 e. The van der Waals surface area contributed by atoms with Crippen molar-refractivity contribution < 1.29 is 80.2 Å². The quantitative estimate of drug-likeness (QED) is 0.0222. The third kappa shape index (κ3) is 72.4. The summed E-state index contributed by atoms with van der Waals surface area (Å²) in [6.45, 7) is 11.9.